The van der Waals surface area contributed by atoms with E-state index in [1.54, 1.807) is 29.9 Å². The third kappa shape index (κ3) is 2.94. The summed E-state index contributed by atoms with van der Waals surface area (Å²) < 4.78 is 5.14. The number of anilines is 1. The van der Waals surface area contributed by atoms with Gasteiger partial charge in [-0.3, -0.25) is 9.59 Å². The highest BCUT2D eigenvalue weighted by Gasteiger charge is 2.35. The Kier molecular flexibility index (Phi) is 4.34. The van der Waals surface area contributed by atoms with E-state index in [1.165, 1.54) is 11.3 Å². The Morgan fingerprint density at radius 1 is 1.22 bits per heavy atom. The van der Waals surface area contributed by atoms with E-state index >= 15 is 0 Å². The number of benzene rings is 1. The largest absolute Gasteiger partial charge is 0.497 e. The molecule has 23 heavy (non-hydrogen) atoms. The molecule has 1 atom stereocenters. The minimum absolute atomic E-state index is 0.0636. The smallest absolute Gasteiger partial charge is 0.264 e. The minimum Gasteiger partial charge on any atom is -0.497 e. The summed E-state index contributed by atoms with van der Waals surface area (Å²) in [5.41, 5.74) is 0.825. The molecule has 2 aromatic rings. The topological polar surface area (TPSA) is 49.9 Å². The molecule has 1 aliphatic rings. The van der Waals surface area contributed by atoms with E-state index in [0.717, 1.165) is 11.4 Å². The van der Waals surface area contributed by atoms with Crippen LogP contribution in [0.2, 0.25) is 0 Å². The van der Waals surface area contributed by atoms with Crippen LogP contribution in [0.5, 0.6) is 5.75 Å². The summed E-state index contributed by atoms with van der Waals surface area (Å²) in [7, 11) is 1.61. The Morgan fingerprint density at radius 3 is 2.57 bits per heavy atom. The van der Waals surface area contributed by atoms with Crippen molar-refractivity contribution in [2.24, 2.45) is 0 Å². The van der Waals surface area contributed by atoms with Gasteiger partial charge in [-0.2, -0.15) is 0 Å². The highest BCUT2D eigenvalue weighted by molar-refractivity contribution is 7.12. The lowest BCUT2D eigenvalue weighted by Gasteiger charge is -2.39. The highest BCUT2D eigenvalue weighted by atomic mass is 32.1. The number of carbonyl (C=O) groups excluding carboxylic acids is 2. The molecule has 3 rings (SSSR count). The lowest BCUT2D eigenvalue weighted by molar-refractivity contribution is -0.124. The van der Waals surface area contributed by atoms with Crippen LogP contribution in [0.15, 0.2) is 41.8 Å². The van der Waals surface area contributed by atoms with E-state index in [2.05, 4.69) is 0 Å². The van der Waals surface area contributed by atoms with Gasteiger partial charge in [-0.1, -0.05) is 6.07 Å². The van der Waals surface area contributed by atoms with Gasteiger partial charge in [-0.05, 0) is 42.6 Å². The molecule has 1 aliphatic heterocycles. The van der Waals surface area contributed by atoms with Crippen molar-refractivity contribution in [2.45, 2.75) is 13.0 Å². The minimum atomic E-state index is -0.472. The Hall–Kier alpha value is -2.34. The van der Waals surface area contributed by atoms with Gasteiger partial charge in [-0.15, -0.1) is 11.3 Å². The molecule has 1 saturated heterocycles. The molecule has 0 N–H and O–H groups in total. The second kappa shape index (κ2) is 6.42. The predicted octanol–water partition coefficient (Wildman–Crippen LogP) is 2.63. The lowest BCUT2D eigenvalue weighted by atomic mass is 10.1. The van der Waals surface area contributed by atoms with Crippen LogP contribution >= 0.6 is 11.3 Å². The maximum Gasteiger partial charge on any atom is 0.264 e. The quantitative estimate of drug-likeness (QED) is 0.869. The number of piperazine rings is 1. The van der Waals surface area contributed by atoms with Gasteiger partial charge in [0.1, 0.15) is 11.8 Å². The van der Waals surface area contributed by atoms with E-state index < -0.39 is 6.04 Å². The van der Waals surface area contributed by atoms with Gasteiger partial charge in [0.15, 0.2) is 0 Å². The zero-order chi connectivity index (χ0) is 16.4. The fraction of sp³-hybridized carbons (Fsp3) is 0.294. The van der Waals surface area contributed by atoms with Crippen molar-refractivity contribution in [2.75, 3.05) is 25.1 Å². The molecule has 1 aromatic carbocycles. The summed E-state index contributed by atoms with van der Waals surface area (Å²) >= 11 is 1.40. The summed E-state index contributed by atoms with van der Waals surface area (Å²) in [5.74, 6) is 0.613. The zero-order valence-corrected chi connectivity index (χ0v) is 13.9. The number of thiophene rings is 1. The Labute approximate surface area is 139 Å². The highest BCUT2D eigenvalue weighted by Crippen LogP contribution is 2.24. The van der Waals surface area contributed by atoms with Gasteiger partial charge in [0.2, 0.25) is 5.91 Å². The second-order valence-corrected chi connectivity index (χ2v) is 6.29. The molecule has 0 aliphatic carbocycles. The molecule has 2 heterocycles. The maximum atomic E-state index is 12.7. The molecule has 0 saturated carbocycles. The molecule has 0 unspecified atom stereocenters. The number of carbonyl (C=O) groups is 2. The monoisotopic (exact) mass is 330 g/mol. The van der Waals surface area contributed by atoms with Crippen LogP contribution in [0.1, 0.15) is 16.6 Å². The van der Waals surface area contributed by atoms with E-state index in [4.69, 9.17) is 4.74 Å². The van der Waals surface area contributed by atoms with Crippen molar-refractivity contribution in [1.82, 2.24) is 4.90 Å². The first-order valence-corrected chi connectivity index (χ1v) is 8.29. The number of amides is 2. The number of hydrogen-bond donors (Lipinski definition) is 0. The zero-order valence-electron chi connectivity index (χ0n) is 13.1. The number of nitrogens with zero attached hydrogens (tertiary/aromatic N) is 2. The van der Waals surface area contributed by atoms with Crippen LogP contribution in [0.3, 0.4) is 0 Å². The number of hydrogen-bond acceptors (Lipinski definition) is 4. The molecule has 6 heteroatoms. The van der Waals surface area contributed by atoms with Gasteiger partial charge < -0.3 is 14.5 Å². The molecule has 5 nitrogen and oxygen atoms in total. The standard InChI is InChI=1S/C17H18N2O3S/c1-12-16(20)19(13-5-7-14(22-2)8-6-13)10-9-18(12)17(21)15-4-3-11-23-15/h3-8,11-12H,9-10H2,1-2H3/t12-/m0/s1. The lowest BCUT2D eigenvalue weighted by Crippen LogP contribution is -2.57. The van der Waals surface area contributed by atoms with E-state index in [0.29, 0.717) is 18.0 Å². The summed E-state index contributed by atoms with van der Waals surface area (Å²) in [6.07, 6.45) is 0. The van der Waals surface area contributed by atoms with Gasteiger partial charge >= 0.3 is 0 Å². The van der Waals surface area contributed by atoms with E-state index in [9.17, 15) is 9.59 Å². The second-order valence-electron chi connectivity index (χ2n) is 5.34. The number of rotatable bonds is 3. The Balaban J connectivity index is 1.76. The first kappa shape index (κ1) is 15.6. The third-order valence-electron chi connectivity index (χ3n) is 4.03. The van der Waals surface area contributed by atoms with Crippen LogP contribution in [-0.2, 0) is 4.79 Å². The van der Waals surface area contributed by atoms with Crippen molar-refractivity contribution in [3.8, 4) is 5.75 Å². The van der Waals surface area contributed by atoms with Gasteiger partial charge in [-0.25, -0.2) is 0 Å². The maximum absolute atomic E-state index is 12.7. The van der Waals surface area contributed by atoms with Gasteiger partial charge in [0, 0.05) is 18.8 Å². The molecular weight excluding hydrogens is 312 g/mol. The van der Waals surface area contributed by atoms with Crippen LogP contribution in [0, 0.1) is 0 Å². The molecule has 120 valence electrons. The number of ether oxygens (including phenoxy) is 1. The van der Waals surface area contributed by atoms with Crippen LogP contribution in [0.4, 0.5) is 5.69 Å². The average molecular weight is 330 g/mol. The summed E-state index contributed by atoms with van der Waals surface area (Å²) in [6.45, 7) is 2.80. The average Bonchev–Trinajstić information content (AvgIpc) is 3.11. The van der Waals surface area contributed by atoms with Crippen molar-refractivity contribution >= 4 is 28.8 Å². The van der Waals surface area contributed by atoms with E-state index in [-0.39, 0.29) is 11.8 Å². The molecule has 0 bridgehead atoms. The predicted molar refractivity (Wildman–Crippen MR) is 90.2 cm³/mol. The molecule has 1 aromatic heterocycles. The van der Waals surface area contributed by atoms with E-state index in [1.807, 2.05) is 35.7 Å². The van der Waals surface area contributed by atoms with Crippen LogP contribution in [-0.4, -0.2) is 43.0 Å². The Morgan fingerprint density at radius 2 is 1.96 bits per heavy atom. The molecule has 0 radical (unpaired) electrons. The molecular formula is C17H18N2O3S. The van der Waals surface area contributed by atoms with Crippen LogP contribution < -0.4 is 9.64 Å². The van der Waals surface area contributed by atoms with Crippen LogP contribution in [0.25, 0.3) is 0 Å². The SMILES string of the molecule is COc1ccc(N2CCN(C(=O)c3cccs3)[C@@H](C)C2=O)cc1. The normalized spacial score (nSPS) is 18.2. The fourth-order valence-corrected chi connectivity index (χ4v) is 3.39. The Bertz CT molecular complexity index is 697. The van der Waals surface area contributed by atoms with Gasteiger partial charge in [0.05, 0.1) is 12.0 Å². The first-order valence-electron chi connectivity index (χ1n) is 7.41. The number of methoxy groups -OCH3 is 1. The molecule has 1 fully saturated rings. The van der Waals surface area contributed by atoms with Crippen molar-refractivity contribution in [3.05, 3.63) is 46.7 Å². The van der Waals surface area contributed by atoms with Crippen molar-refractivity contribution in [3.63, 3.8) is 0 Å². The summed E-state index contributed by atoms with van der Waals surface area (Å²) in [5, 5.41) is 1.87. The third-order valence-corrected chi connectivity index (χ3v) is 4.89. The molecule has 0 spiro atoms. The van der Waals surface area contributed by atoms with Gasteiger partial charge in [0.25, 0.3) is 5.91 Å². The fourth-order valence-electron chi connectivity index (χ4n) is 2.71. The van der Waals surface area contributed by atoms with Crippen molar-refractivity contribution in [1.29, 1.82) is 0 Å². The summed E-state index contributed by atoms with van der Waals surface area (Å²) in [4.78, 5) is 29.2. The van der Waals surface area contributed by atoms with Crippen molar-refractivity contribution < 1.29 is 14.3 Å². The first-order chi connectivity index (χ1) is 11.1. The summed E-state index contributed by atoms with van der Waals surface area (Å²) in [6, 6.07) is 10.5. The molecule has 2 amide bonds.